The van der Waals surface area contributed by atoms with Gasteiger partial charge >= 0.3 is 0 Å². The molecule has 21 heavy (non-hydrogen) atoms. The van der Waals surface area contributed by atoms with E-state index in [-0.39, 0.29) is 17.9 Å². The van der Waals surface area contributed by atoms with Gasteiger partial charge in [0.25, 0.3) is 5.91 Å². The second-order valence-electron chi connectivity index (χ2n) is 5.87. The Morgan fingerprint density at radius 2 is 2.05 bits per heavy atom. The van der Waals surface area contributed by atoms with Gasteiger partial charge in [-0.1, -0.05) is 12.1 Å². The molecule has 1 saturated heterocycles. The van der Waals surface area contributed by atoms with E-state index in [0.717, 1.165) is 42.7 Å². The Morgan fingerprint density at radius 3 is 2.76 bits per heavy atom. The first-order valence-corrected chi connectivity index (χ1v) is 8.91. The molecule has 2 aliphatic rings. The van der Waals surface area contributed by atoms with Gasteiger partial charge in [0.2, 0.25) is 0 Å². The van der Waals surface area contributed by atoms with Crippen molar-refractivity contribution in [3.63, 3.8) is 0 Å². The highest BCUT2D eigenvalue weighted by molar-refractivity contribution is 7.98. The second kappa shape index (κ2) is 6.22. The van der Waals surface area contributed by atoms with Gasteiger partial charge in [-0.05, 0) is 44.1 Å². The van der Waals surface area contributed by atoms with E-state index in [4.69, 9.17) is 0 Å². The average molecular weight is 303 g/mol. The van der Waals surface area contributed by atoms with Crippen LogP contribution in [0.4, 0.5) is 0 Å². The lowest BCUT2D eigenvalue weighted by Crippen LogP contribution is -2.41. The zero-order valence-electron chi connectivity index (χ0n) is 12.4. The van der Waals surface area contributed by atoms with Crippen molar-refractivity contribution >= 4 is 23.5 Å². The molecule has 1 aromatic carbocycles. The highest BCUT2D eigenvalue weighted by atomic mass is 32.2. The number of ketones is 1. The van der Waals surface area contributed by atoms with Gasteiger partial charge in [0.1, 0.15) is 5.78 Å². The molecule has 1 amide bonds. The van der Waals surface area contributed by atoms with E-state index in [1.54, 1.807) is 11.8 Å². The van der Waals surface area contributed by atoms with Gasteiger partial charge in [-0.3, -0.25) is 9.59 Å². The minimum atomic E-state index is 0.0814. The molecule has 0 radical (unpaired) electrons. The SMILES string of the molecule is CSc1ccccc1C(=O)N1CCCC1C1CCCC1=O. The summed E-state index contributed by atoms with van der Waals surface area (Å²) in [5.41, 5.74) is 0.780. The maximum Gasteiger partial charge on any atom is 0.255 e. The molecule has 1 saturated carbocycles. The number of benzene rings is 1. The van der Waals surface area contributed by atoms with E-state index in [1.165, 1.54) is 0 Å². The fourth-order valence-electron chi connectivity index (χ4n) is 3.69. The summed E-state index contributed by atoms with van der Waals surface area (Å²) in [7, 11) is 0. The predicted molar refractivity (Wildman–Crippen MR) is 84.6 cm³/mol. The third-order valence-electron chi connectivity index (χ3n) is 4.71. The predicted octanol–water partition coefficient (Wildman–Crippen LogP) is 3.38. The molecule has 2 atom stereocenters. The molecular formula is C17H21NO2S. The van der Waals surface area contributed by atoms with Crippen LogP contribution in [-0.4, -0.2) is 35.4 Å². The molecule has 0 aromatic heterocycles. The van der Waals surface area contributed by atoms with Crippen molar-refractivity contribution in [2.45, 2.75) is 43.0 Å². The van der Waals surface area contributed by atoms with E-state index in [0.29, 0.717) is 12.2 Å². The van der Waals surface area contributed by atoms with Crippen LogP contribution in [0.2, 0.25) is 0 Å². The summed E-state index contributed by atoms with van der Waals surface area (Å²) in [5, 5.41) is 0. The molecule has 0 bridgehead atoms. The van der Waals surface area contributed by atoms with Crippen LogP contribution in [-0.2, 0) is 4.79 Å². The summed E-state index contributed by atoms with van der Waals surface area (Å²) in [6.45, 7) is 0.788. The molecule has 3 rings (SSSR count). The average Bonchev–Trinajstić information content (AvgIpc) is 3.14. The van der Waals surface area contributed by atoms with E-state index >= 15 is 0 Å². The van der Waals surface area contributed by atoms with E-state index < -0.39 is 0 Å². The molecule has 0 N–H and O–H groups in total. The van der Waals surface area contributed by atoms with Gasteiger partial charge in [0, 0.05) is 29.8 Å². The third kappa shape index (κ3) is 2.73. The van der Waals surface area contributed by atoms with Crippen LogP contribution in [0.3, 0.4) is 0 Å². The largest absolute Gasteiger partial charge is 0.335 e. The Morgan fingerprint density at radius 1 is 1.24 bits per heavy atom. The quantitative estimate of drug-likeness (QED) is 0.803. The summed E-state index contributed by atoms with van der Waals surface area (Å²) in [4.78, 5) is 27.9. The van der Waals surface area contributed by atoms with Crippen molar-refractivity contribution in [2.75, 3.05) is 12.8 Å². The zero-order chi connectivity index (χ0) is 14.8. The van der Waals surface area contributed by atoms with Crippen LogP contribution in [0.25, 0.3) is 0 Å². The topological polar surface area (TPSA) is 37.4 Å². The molecule has 4 heteroatoms. The van der Waals surface area contributed by atoms with E-state index in [1.807, 2.05) is 35.4 Å². The van der Waals surface area contributed by atoms with Crippen molar-refractivity contribution in [3.8, 4) is 0 Å². The number of rotatable bonds is 3. The normalized spacial score (nSPS) is 25.6. The van der Waals surface area contributed by atoms with Crippen LogP contribution >= 0.6 is 11.8 Å². The van der Waals surface area contributed by atoms with Gasteiger partial charge in [-0.2, -0.15) is 0 Å². The number of hydrogen-bond donors (Lipinski definition) is 0. The molecular weight excluding hydrogens is 282 g/mol. The van der Waals surface area contributed by atoms with Crippen LogP contribution in [0.1, 0.15) is 42.5 Å². The number of likely N-dealkylation sites (tertiary alicyclic amines) is 1. The van der Waals surface area contributed by atoms with Crippen molar-refractivity contribution in [2.24, 2.45) is 5.92 Å². The van der Waals surface area contributed by atoms with E-state index in [2.05, 4.69) is 0 Å². The second-order valence-corrected chi connectivity index (χ2v) is 6.72. The zero-order valence-corrected chi connectivity index (χ0v) is 13.2. The van der Waals surface area contributed by atoms with Crippen LogP contribution in [0, 0.1) is 5.92 Å². The Labute approximate surface area is 130 Å². The lowest BCUT2D eigenvalue weighted by atomic mass is 9.94. The lowest BCUT2D eigenvalue weighted by molar-refractivity contribution is -0.121. The molecule has 1 aliphatic heterocycles. The standard InChI is InChI=1S/C17H21NO2S/c1-21-16-10-3-2-6-13(16)17(20)18-11-5-8-14(18)12-7-4-9-15(12)19/h2-3,6,10,12,14H,4-5,7-9,11H2,1H3. The van der Waals surface area contributed by atoms with Gasteiger partial charge in [0.05, 0.1) is 5.56 Å². The molecule has 1 heterocycles. The molecule has 1 aromatic rings. The van der Waals surface area contributed by atoms with Gasteiger partial charge < -0.3 is 4.90 Å². The molecule has 0 spiro atoms. The highest BCUT2D eigenvalue weighted by Gasteiger charge is 2.40. The maximum atomic E-state index is 12.9. The molecule has 2 fully saturated rings. The molecule has 3 nitrogen and oxygen atoms in total. The summed E-state index contributed by atoms with van der Waals surface area (Å²) in [6.07, 6.45) is 6.63. The van der Waals surface area contributed by atoms with Crippen molar-refractivity contribution in [3.05, 3.63) is 29.8 Å². The van der Waals surface area contributed by atoms with Crippen LogP contribution < -0.4 is 0 Å². The van der Waals surface area contributed by atoms with Crippen LogP contribution in [0.5, 0.6) is 0 Å². The van der Waals surface area contributed by atoms with Crippen molar-refractivity contribution < 1.29 is 9.59 Å². The minimum Gasteiger partial charge on any atom is -0.335 e. The van der Waals surface area contributed by atoms with E-state index in [9.17, 15) is 9.59 Å². The fraction of sp³-hybridized carbons (Fsp3) is 0.529. The first kappa shape index (κ1) is 14.6. The molecule has 112 valence electrons. The van der Waals surface area contributed by atoms with Crippen molar-refractivity contribution in [1.82, 2.24) is 4.90 Å². The monoisotopic (exact) mass is 303 g/mol. The summed E-state index contributed by atoms with van der Waals surface area (Å²) >= 11 is 1.60. The highest BCUT2D eigenvalue weighted by Crippen LogP contribution is 2.34. The Balaban J connectivity index is 1.84. The fourth-order valence-corrected chi connectivity index (χ4v) is 4.28. The Bertz CT molecular complexity index is 557. The first-order valence-electron chi connectivity index (χ1n) is 7.69. The number of carbonyl (C=O) groups is 2. The number of amides is 1. The number of thioether (sulfide) groups is 1. The van der Waals surface area contributed by atoms with Crippen LogP contribution in [0.15, 0.2) is 29.2 Å². The minimum absolute atomic E-state index is 0.0814. The Hall–Kier alpha value is -1.29. The Kier molecular flexibility index (Phi) is 4.34. The summed E-state index contributed by atoms with van der Waals surface area (Å²) in [5.74, 6) is 0.540. The molecule has 1 aliphatic carbocycles. The summed E-state index contributed by atoms with van der Waals surface area (Å²) < 4.78 is 0. The van der Waals surface area contributed by atoms with Gasteiger partial charge in [-0.25, -0.2) is 0 Å². The first-order chi connectivity index (χ1) is 10.2. The molecule has 2 unspecified atom stereocenters. The maximum absolute atomic E-state index is 12.9. The number of Topliss-reactive ketones (excluding diaryl/α,β-unsaturated/α-hetero) is 1. The van der Waals surface area contributed by atoms with Crippen molar-refractivity contribution in [1.29, 1.82) is 0 Å². The van der Waals surface area contributed by atoms with Gasteiger partial charge in [-0.15, -0.1) is 11.8 Å². The smallest absolute Gasteiger partial charge is 0.255 e. The number of nitrogens with zero attached hydrogens (tertiary/aromatic N) is 1. The van der Waals surface area contributed by atoms with Gasteiger partial charge in [0.15, 0.2) is 0 Å². The third-order valence-corrected chi connectivity index (χ3v) is 5.51. The lowest BCUT2D eigenvalue weighted by Gasteiger charge is -2.29. The summed E-state index contributed by atoms with van der Waals surface area (Å²) in [6, 6.07) is 7.90. The number of carbonyl (C=O) groups excluding carboxylic acids is 2. The number of hydrogen-bond acceptors (Lipinski definition) is 3.